The van der Waals surface area contributed by atoms with E-state index in [9.17, 15) is 12.8 Å². The lowest BCUT2D eigenvalue weighted by Gasteiger charge is -2.12. The Morgan fingerprint density at radius 1 is 1.44 bits per heavy atom. The molecule has 1 rings (SSSR count). The molecule has 6 nitrogen and oxygen atoms in total. The molecule has 0 heterocycles. The predicted molar refractivity (Wildman–Crippen MR) is 66.7 cm³/mol. The molecule has 18 heavy (non-hydrogen) atoms. The van der Waals surface area contributed by atoms with Crippen LogP contribution in [-0.2, 0) is 21.5 Å². The average molecular weight is 277 g/mol. The number of benzene rings is 1. The highest BCUT2D eigenvalue weighted by atomic mass is 32.2. The monoisotopic (exact) mass is 277 g/mol. The number of hydrogen-bond donors (Lipinski definition) is 3. The molecule has 0 saturated heterocycles. The van der Waals surface area contributed by atoms with Crippen molar-refractivity contribution in [2.24, 2.45) is 5.73 Å². The molecule has 102 valence electrons. The molecule has 0 radical (unpaired) electrons. The average Bonchev–Trinajstić information content (AvgIpc) is 2.31. The first kappa shape index (κ1) is 14.8. The Morgan fingerprint density at radius 3 is 2.78 bits per heavy atom. The number of anilines is 1. The van der Waals surface area contributed by atoms with E-state index in [1.165, 1.54) is 19.2 Å². The Hall–Kier alpha value is -1.22. The standard InChI is InChI=1S/C10H16FN3O3S/c1-17-5-4-13-18(15,16)14-10-3-2-9(11)6-8(10)7-12/h2-3,6,13-14H,4-5,7,12H2,1H3. The maximum Gasteiger partial charge on any atom is 0.299 e. The molecular formula is C10H16FN3O3S. The van der Waals surface area contributed by atoms with Crippen molar-refractivity contribution in [1.29, 1.82) is 0 Å². The van der Waals surface area contributed by atoms with Gasteiger partial charge in [-0.1, -0.05) is 0 Å². The van der Waals surface area contributed by atoms with Crippen molar-refractivity contribution < 1.29 is 17.5 Å². The van der Waals surface area contributed by atoms with Gasteiger partial charge in [0.25, 0.3) is 10.2 Å². The van der Waals surface area contributed by atoms with E-state index >= 15 is 0 Å². The van der Waals surface area contributed by atoms with Crippen LogP contribution in [0.25, 0.3) is 0 Å². The zero-order valence-electron chi connectivity index (χ0n) is 9.94. The van der Waals surface area contributed by atoms with Crippen LogP contribution in [0.1, 0.15) is 5.56 Å². The summed E-state index contributed by atoms with van der Waals surface area (Å²) in [5, 5.41) is 0. The highest BCUT2D eigenvalue weighted by Gasteiger charge is 2.11. The summed E-state index contributed by atoms with van der Waals surface area (Å²) in [6.45, 7) is 0.437. The molecule has 1 aromatic rings. The van der Waals surface area contributed by atoms with Crippen molar-refractivity contribution in [2.75, 3.05) is 25.0 Å². The van der Waals surface area contributed by atoms with Gasteiger partial charge < -0.3 is 10.5 Å². The zero-order valence-corrected chi connectivity index (χ0v) is 10.8. The molecule has 1 aromatic carbocycles. The Kier molecular flexibility index (Phi) is 5.48. The second-order valence-electron chi connectivity index (χ2n) is 3.50. The van der Waals surface area contributed by atoms with E-state index in [-0.39, 0.29) is 25.4 Å². The van der Waals surface area contributed by atoms with Crippen molar-refractivity contribution in [3.8, 4) is 0 Å². The summed E-state index contributed by atoms with van der Waals surface area (Å²) < 4.78 is 45.5. The summed E-state index contributed by atoms with van der Waals surface area (Å²) in [5.74, 6) is -0.467. The second kappa shape index (κ2) is 6.64. The number of hydrogen-bond acceptors (Lipinski definition) is 4. The number of halogens is 1. The van der Waals surface area contributed by atoms with Crippen LogP contribution in [0.2, 0.25) is 0 Å². The number of rotatable bonds is 7. The maximum absolute atomic E-state index is 13.0. The second-order valence-corrected chi connectivity index (χ2v) is 5.00. The molecule has 0 aliphatic heterocycles. The van der Waals surface area contributed by atoms with Crippen LogP contribution in [0.5, 0.6) is 0 Å². The molecule has 0 unspecified atom stereocenters. The molecule has 0 bridgehead atoms. The molecule has 0 spiro atoms. The zero-order chi connectivity index (χ0) is 13.6. The van der Waals surface area contributed by atoms with Crippen LogP contribution in [0.15, 0.2) is 18.2 Å². The molecule has 0 aromatic heterocycles. The van der Waals surface area contributed by atoms with Gasteiger partial charge in [0.1, 0.15) is 5.82 Å². The van der Waals surface area contributed by atoms with Gasteiger partial charge in [-0.15, -0.1) is 0 Å². The van der Waals surface area contributed by atoms with Crippen molar-refractivity contribution >= 4 is 15.9 Å². The highest BCUT2D eigenvalue weighted by molar-refractivity contribution is 7.90. The summed E-state index contributed by atoms with van der Waals surface area (Å²) in [4.78, 5) is 0. The largest absolute Gasteiger partial charge is 0.383 e. The number of methoxy groups -OCH3 is 1. The summed E-state index contributed by atoms with van der Waals surface area (Å²) in [7, 11) is -2.24. The Bertz CT molecular complexity index is 493. The van der Waals surface area contributed by atoms with Gasteiger partial charge in [-0.05, 0) is 23.8 Å². The van der Waals surface area contributed by atoms with E-state index in [4.69, 9.17) is 10.5 Å². The van der Waals surface area contributed by atoms with Crippen LogP contribution in [0, 0.1) is 5.82 Å². The van der Waals surface area contributed by atoms with Gasteiger partial charge in [0.15, 0.2) is 0 Å². The van der Waals surface area contributed by atoms with Crippen LogP contribution in [-0.4, -0.2) is 28.7 Å². The van der Waals surface area contributed by atoms with Crippen LogP contribution in [0.3, 0.4) is 0 Å². The lowest BCUT2D eigenvalue weighted by molar-refractivity contribution is 0.204. The SMILES string of the molecule is COCCNS(=O)(=O)Nc1ccc(F)cc1CN. The van der Waals surface area contributed by atoms with Crippen molar-refractivity contribution in [3.05, 3.63) is 29.6 Å². The third-order valence-electron chi connectivity index (χ3n) is 2.13. The van der Waals surface area contributed by atoms with Crippen LogP contribution < -0.4 is 15.2 Å². The third kappa shape index (κ3) is 4.57. The van der Waals surface area contributed by atoms with E-state index in [0.29, 0.717) is 5.56 Å². The summed E-state index contributed by atoms with van der Waals surface area (Å²) in [6, 6.07) is 3.67. The van der Waals surface area contributed by atoms with Gasteiger partial charge in [-0.2, -0.15) is 13.1 Å². The Morgan fingerprint density at radius 2 is 2.17 bits per heavy atom. The first-order chi connectivity index (χ1) is 8.48. The summed E-state index contributed by atoms with van der Waals surface area (Å²) in [6.07, 6.45) is 0. The number of nitrogens with two attached hydrogens (primary N) is 1. The minimum atomic E-state index is -3.71. The normalized spacial score (nSPS) is 11.5. The maximum atomic E-state index is 13.0. The van der Waals surface area contributed by atoms with Gasteiger partial charge in [0, 0.05) is 20.2 Å². The molecular weight excluding hydrogens is 261 g/mol. The molecule has 0 aliphatic rings. The molecule has 0 fully saturated rings. The van der Waals surface area contributed by atoms with E-state index in [1.54, 1.807) is 0 Å². The molecule has 0 aliphatic carbocycles. The Balaban J connectivity index is 2.77. The number of nitrogens with one attached hydrogen (secondary N) is 2. The summed E-state index contributed by atoms with van der Waals surface area (Å²) >= 11 is 0. The van der Waals surface area contributed by atoms with E-state index in [1.807, 2.05) is 0 Å². The van der Waals surface area contributed by atoms with Gasteiger partial charge in [0.2, 0.25) is 0 Å². The number of ether oxygens (including phenoxy) is 1. The first-order valence-corrected chi connectivity index (χ1v) is 6.71. The topological polar surface area (TPSA) is 93.4 Å². The minimum absolute atomic E-state index is 0.0354. The van der Waals surface area contributed by atoms with E-state index < -0.39 is 16.0 Å². The minimum Gasteiger partial charge on any atom is -0.383 e. The van der Waals surface area contributed by atoms with Gasteiger partial charge in [-0.3, -0.25) is 4.72 Å². The molecule has 0 amide bonds. The molecule has 4 N–H and O–H groups in total. The quantitative estimate of drug-likeness (QED) is 0.620. The van der Waals surface area contributed by atoms with E-state index in [0.717, 1.165) is 6.07 Å². The lowest BCUT2D eigenvalue weighted by atomic mass is 10.2. The summed E-state index contributed by atoms with van der Waals surface area (Å²) in [5.41, 5.74) is 6.05. The van der Waals surface area contributed by atoms with Gasteiger partial charge in [0.05, 0.1) is 12.3 Å². The predicted octanol–water partition coefficient (Wildman–Crippen LogP) is 0.177. The highest BCUT2D eigenvalue weighted by Crippen LogP contribution is 2.17. The Labute approximate surface area is 106 Å². The fourth-order valence-corrected chi connectivity index (χ4v) is 2.20. The van der Waals surface area contributed by atoms with E-state index in [2.05, 4.69) is 9.44 Å². The molecule has 8 heteroatoms. The fourth-order valence-electron chi connectivity index (χ4n) is 1.29. The van der Waals surface area contributed by atoms with Crippen LogP contribution >= 0.6 is 0 Å². The fraction of sp³-hybridized carbons (Fsp3) is 0.400. The first-order valence-electron chi connectivity index (χ1n) is 5.23. The third-order valence-corrected chi connectivity index (χ3v) is 3.20. The van der Waals surface area contributed by atoms with Gasteiger partial charge >= 0.3 is 0 Å². The smallest absolute Gasteiger partial charge is 0.299 e. The van der Waals surface area contributed by atoms with Crippen molar-refractivity contribution in [3.63, 3.8) is 0 Å². The van der Waals surface area contributed by atoms with Crippen LogP contribution in [0.4, 0.5) is 10.1 Å². The molecule has 0 atom stereocenters. The lowest BCUT2D eigenvalue weighted by Crippen LogP contribution is -2.33. The molecule has 0 saturated carbocycles. The van der Waals surface area contributed by atoms with Crippen molar-refractivity contribution in [1.82, 2.24) is 4.72 Å². The van der Waals surface area contributed by atoms with Crippen molar-refractivity contribution in [2.45, 2.75) is 6.54 Å². The van der Waals surface area contributed by atoms with Gasteiger partial charge in [-0.25, -0.2) is 4.39 Å².